The first-order valence-electron chi connectivity index (χ1n) is 9.88. The molecule has 0 N–H and O–H groups in total. The number of rotatable bonds is 4. The molecule has 2 heterocycles. The van der Waals surface area contributed by atoms with Gasteiger partial charge in [-0.25, -0.2) is 9.55 Å². The summed E-state index contributed by atoms with van der Waals surface area (Å²) in [7, 11) is 0. The van der Waals surface area contributed by atoms with Crippen LogP contribution in [0.1, 0.15) is 12.7 Å². The van der Waals surface area contributed by atoms with E-state index in [0.717, 1.165) is 29.1 Å². The van der Waals surface area contributed by atoms with Crippen molar-refractivity contribution in [2.45, 2.75) is 20.4 Å². The average Bonchev–Trinajstić information content (AvgIpc) is 3.37. The minimum absolute atomic E-state index is 0.638. The van der Waals surface area contributed by atoms with Crippen molar-refractivity contribution in [1.82, 2.24) is 9.55 Å². The molecule has 0 amide bonds. The summed E-state index contributed by atoms with van der Waals surface area (Å²) < 4.78 is 10.7. The van der Waals surface area contributed by atoms with Crippen LogP contribution in [0.4, 0.5) is 0 Å². The van der Waals surface area contributed by atoms with Crippen LogP contribution < -0.4 is 4.57 Å². The van der Waals surface area contributed by atoms with Gasteiger partial charge in [0.2, 0.25) is 5.89 Å². The van der Waals surface area contributed by atoms with Gasteiger partial charge in [0.05, 0.1) is 12.7 Å². The smallest absolute Gasteiger partial charge is 0.259 e. The highest BCUT2D eigenvalue weighted by atomic mass is 16.4. The molecule has 0 radical (unpaired) electrons. The van der Waals surface area contributed by atoms with Crippen LogP contribution in [0.2, 0.25) is 0 Å². The van der Waals surface area contributed by atoms with Crippen LogP contribution in [-0.4, -0.2) is 9.55 Å². The number of nitrogens with zero attached hydrogens (tertiary/aromatic N) is 3. The van der Waals surface area contributed by atoms with Gasteiger partial charge in [-0.3, -0.25) is 0 Å². The molecule has 29 heavy (non-hydrogen) atoms. The van der Waals surface area contributed by atoms with Crippen LogP contribution >= 0.6 is 0 Å². The van der Waals surface area contributed by atoms with Crippen molar-refractivity contribution in [1.29, 1.82) is 0 Å². The second kappa shape index (κ2) is 7.06. The number of hydrogen-bond acceptors (Lipinski definition) is 2. The van der Waals surface area contributed by atoms with E-state index in [-0.39, 0.29) is 0 Å². The predicted octanol–water partition coefficient (Wildman–Crippen LogP) is 5.57. The number of benzene rings is 3. The minimum Gasteiger partial charge on any atom is -0.436 e. The lowest BCUT2D eigenvalue weighted by Crippen LogP contribution is -2.34. The van der Waals surface area contributed by atoms with Gasteiger partial charge in [0.25, 0.3) is 5.82 Å². The Kier molecular flexibility index (Phi) is 4.24. The van der Waals surface area contributed by atoms with Gasteiger partial charge in [-0.15, -0.1) is 0 Å². The van der Waals surface area contributed by atoms with Crippen LogP contribution in [-0.2, 0) is 6.54 Å². The molecule has 4 heteroatoms. The third-order valence-corrected chi connectivity index (χ3v) is 5.36. The Morgan fingerprint density at radius 3 is 2.34 bits per heavy atom. The summed E-state index contributed by atoms with van der Waals surface area (Å²) in [5.41, 5.74) is 5.52. The van der Waals surface area contributed by atoms with Crippen molar-refractivity contribution in [2.75, 3.05) is 0 Å². The first-order chi connectivity index (χ1) is 14.3. The lowest BCUT2D eigenvalue weighted by Gasteiger charge is -1.99. The monoisotopic (exact) mass is 380 g/mol. The first-order valence-corrected chi connectivity index (χ1v) is 9.88. The van der Waals surface area contributed by atoms with E-state index in [1.165, 1.54) is 16.9 Å². The van der Waals surface area contributed by atoms with E-state index in [4.69, 9.17) is 4.42 Å². The third-order valence-electron chi connectivity index (χ3n) is 5.36. The number of hydrogen-bond donors (Lipinski definition) is 0. The summed E-state index contributed by atoms with van der Waals surface area (Å²) in [5.74, 6) is 2.61. The Morgan fingerprint density at radius 2 is 1.62 bits per heavy atom. The number of aryl methyl sites for hydroxylation is 1. The molecule has 0 aliphatic carbocycles. The summed E-state index contributed by atoms with van der Waals surface area (Å²) >= 11 is 0. The Hall–Kier alpha value is -3.66. The molecular formula is C25H22N3O+. The van der Waals surface area contributed by atoms with Crippen molar-refractivity contribution in [3.63, 3.8) is 0 Å². The number of oxazole rings is 1. The molecule has 3 aromatic carbocycles. The van der Waals surface area contributed by atoms with Crippen molar-refractivity contribution in [3.8, 4) is 28.5 Å². The Morgan fingerprint density at radius 1 is 0.897 bits per heavy atom. The number of imidazole rings is 1. The molecule has 2 aromatic heterocycles. The maximum absolute atomic E-state index is 6.07. The van der Waals surface area contributed by atoms with Gasteiger partial charge in [0.15, 0.2) is 16.8 Å². The highest BCUT2D eigenvalue weighted by Gasteiger charge is 2.23. The Labute approximate surface area is 169 Å². The Bertz CT molecular complexity index is 1280. The number of para-hydroxylation sites is 1. The lowest BCUT2D eigenvalue weighted by atomic mass is 10.2. The average molecular weight is 380 g/mol. The van der Waals surface area contributed by atoms with Crippen molar-refractivity contribution >= 4 is 11.0 Å². The van der Waals surface area contributed by atoms with Crippen molar-refractivity contribution in [3.05, 3.63) is 90.9 Å². The summed E-state index contributed by atoms with van der Waals surface area (Å²) in [5, 5.41) is 0. The largest absolute Gasteiger partial charge is 0.436 e. The maximum atomic E-state index is 6.07. The molecule has 0 atom stereocenters. The van der Waals surface area contributed by atoms with E-state index in [2.05, 4.69) is 70.4 Å². The SMILES string of the molecule is CC[n+]1c(C)n(-c2ccccc2)c2ccc(-c3ncc(-c4ccccc4)o3)cc21. The molecule has 0 aliphatic heterocycles. The van der Waals surface area contributed by atoms with Crippen LogP contribution in [0.5, 0.6) is 0 Å². The normalized spacial score (nSPS) is 11.2. The summed E-state index contributed by atoms with van der Waals surface area (Å²) in [6, 6.07) is 26.9. The zero-order valence-corrected chi connectivity index (χ0v) is 16.5. The molecule has 142 valence electrons. The van der Waals surface area contributed by atoms with Crippen molar-refractivity contribution < 1.29 is 8.98 Å². The molecule has 5 aromatic rings. The van der Waals surface area contributed by atoms with E-state index in [0.29, 0.717) is 5.89 Å². The van der Waals surface area contributed by atoms with Crippen LogP contribution in [0.15, 0.2) is 89.5 Å². The maximum Gasteiger partial charge on any atom is 0.259 e. The summed E-state index contributed by atoms with van der Waals surface area (Å²) in [6.45, 7) is 5.23. The van der Waals surface area contributed by atoms with Gasteiger partial charge in [-0.2, -0.15) is 4.57 Å². The van der Waals surface area contributed by atoms with E-state index in [1.54, 1.807) is 6.20 Å². The summed E-state index contributed by atoms with van der Waals surface area (Å²) in [4.78, 5) is 4.53. The predicted molar refractivity (Wildman–Crippen MR) is 115 cm³/mol. The van der Waals surface area contributed by atoms with E-state index < -0.39 is 0 Å². The van der Waals surface area contributed by atoms with Crippen LogP contribution in [0.3, 0.4) is 0 Å². The number of fused-ring (bicyclic) bond motifs is 1. The van der Waals surface area contributed by atoms with E-state index >= 15 is 0 Å². The molecule has 0 saturated carbocycles. The third kappa shape index (κ3) is 2.93. The van der Waals surface area contributed by atoms with Crippen molar-refractivity contribution in [2.24, 2.45) is 0 Å². The van der Waals surface area contributed by atoms with Crippen LogP contribution in [0.25, 0.3) is 39.5 Å². The lowest BCUT2D eigenvalue weighted by molar-refractivity contribution is -0.674. The molecule has 5 rings (SSSR count). The van der Waals surface area contributed by atoms with Gasteiger partial charge in [0.1, 0.15) is 5.69 Å². The van der Waals surface area contributed by atoms with Gasteiger partial charge in [-0.05, 0) is 31.2 Å². The van der Waals surface area contributed by atoms with Gasteiger partial charge in [0, 0.05) is 24.1 Å². The van der Waals surface area contributed by atoms with Crippen LogP contribution in [0, 0.1) is 6.92 Å². The highest BCUT2D eigenvalue weighted by Crippen LogP contribution is 2.29. The second-order valence-electron chi connectivity index (χ2n) is 7.06. The highest BCUT2D eigenvalue weighted by molar-refractivity contribution is 5.80. The molecule has 0 unspecified atom stereocenters. The zero-order chi connectivity index (χ0) is 19.8. The van der Waals surface area contributed by atoms with E-state index in [9.17, 15) is 0 Å². The fourth-order valence-corrected chi connectivity index (χ4v) is 3.98. The first kappa shape index (κ1) is 17.4. The van der Waals surface area contributed by atoms with Gasteiger partial charge < -0.3 is 4.42 Å². The standard InChI is InChI=1S/C25H22N3O/c1-3-27-18(2)28(21-12-8-5-9-13-21)22-15-14-20(16-23(22)27)25-26-17-24(29-25)19-10-6-4-7-11-19/h4-17H,3H2,1-2H3/q+1. The zero-order valence-electron chi connectivity index (χ0n) is 16.5. The Balaban J connectivity index is 1.64. The molecule has 4 nitrogen and oxygen atoms in total. The van der Waals surface area contributed by atoms with Gasteiger partial charge >= 0.3 is 0 Å². The second-order valence-corrected chi connectivity index (χ2v) is 7.06. The molecular weight excluding hydrogens is 358 g/mol. The minimum atomic E-state index is 0.638. The van der Waals surface area contributed by atoms with E-state index in [1.807, 2.05) is 36.4 Å². The topological polar surface area (TPSA) is 34.8 Å². The molecule has 0 saturated heterocycles. The number of aromatic nitrogens is 3. The quantitative estimate of drug-likeness (QED) is 0.382. The fraction of sp³-hybridized carbons (Fsp3) is 0.120. The molecule has 0 aliphatic rings. The fourth-order valence-electron chi connectivity index (χ4n) is 3.98. The molecule has 0 fully saturated rings. The van der Waals surface area contributed by atoms with Gasteiger partial charge in [-0.1, -0.05) is 48.5 Å². The summed E-state index contributed by atoms with van der Waals surface area (Å²) in [6.07, 6.45) is 1.79. The molecule has 0 bridgehead atoms. The molecule has 0 spiro atoms.